The highest BCUT2D eigenvalue weighted by molar-refractivity contribution is 7.98. The van der Waals surface area contributed by atoms with Crippen molar-refractivity contribution in [2.45, 2.75) is 17.5 Å². The van der Waals surface area contributed by atoms with Crippen LogP contribution in [0.15, 0.2) is 53.7 Å². The topological polar surface area (TPSA) is 50.8 Å². The fourth-order valence-electron chi connectivity index (χ4n) is 1.84. The maximum absolute atomic E-state index is 13.4. The number of para-hydroxylation sites is 1. The number of benzene rings is 2. The summed E-state index contributed by atoms with van der Waals surface area (Å²) in [6, 6.07) is 12.5. The molecule has 1 heterocycles. The van der Waals surface area contributed by atoms with E-state index < -0.39 is 5.82 Å². The van der Waals surface area contributed by atoms with Crippen LogP contribution in [-0.2, 0) is 12.4 Å². The molecule has 1 N–H and O–H groups in total. The summed E-state index contributed by atoms with van der Waals surface area (Å²) >= 11 is 1.42. The molecule has 0 aliphatic rings. The lowest BCUT2D eigenvalue weighted by Crippen LogP contribution is -1.99. The van der Waals surface area contributed by atoms with Gasteiger partial charge in [0, 0.05) is 5.75 Å². The Kier molecular flexibility index (Phi) is 4.87. The molecule has 0 saturated carbocycles. The Morgan fingerprint density at radius 1 is 1.04 bits per heavy atom. The van der Waals surface area contributed by atoms with E-state index >= 15 is 0 Å². The molecule has 7 heteroatoms. The van der Waals surface area contributed by atoms with E-state index in [0.717, 1.165) is 5.56 Å². The number of ether oxygens (including phenoxy) is 1. The molecule has 3 aromatic rings. The van der Waals surface area contributed by atoms with Crippen molar-refractivity contribution in [3.05, 3.63) is 71.6 Å². The van der Waals surface area contributed by atoms with Crippen LogP contribution in [0.2, 0.25) is 0 Å². The standard InChI is InChI=1S/C16H13F2N3OS/c17-12-7-5-11(6-8-12)10-23-16-19-15(20-21-16)9-22-14-4-2-1-3-13(14)18/h1-8H,9-10H2,(H,19,20,21). The summed E-state index contributed by atoms with van der Waals surface area (Å²) in [7, 11) is 0. The molecule has 0 spiro atoms. The molecular formula is C16H13F2N3OS. The SMILES string of the molecule is Fc1ccc(CSc2n[nH]c(COc3ccccc3F)n2)cc1. The van der Waals surface area contributed by atoms with Gasteiger partial charge in [-0.25, -0.2) is 13.8 Å². The molecule has 0 bridgehead atoms. The smallest absolute Gasteiger partial charge is 0.208 e. The van der Waals surface area contributed by atoms with Crippen LogP contribution >= 0.6 is 11.8 Å². The number of aromatic nitrogens is 3. The number of nitrogens with zero attached hydrogens (tertiary/aromatic N) is 2. The summed E-state index contributed by atoms with van der Waals surface area (Å²) in [4.78, 5) is 4.26. The summed E-state index contributed by atoms with van der Waals surface area (Å²) in [5, 5.41) is 7.37. The summed E-state index contributed by atoms with van der Waals surface area (Å²) in [6.45, 7) is 0.102. The Bertz CT molecular complexity index is 777. The molecule has 0 fully saturated rings. The lowest BCUT2D eigenvalue weighted by Gasteiger charge is -2.04. The number of nitrogens with one attached hydrogen (secondary N) is 1. The zero-order chi connectivity index (χ0) is 16.1. The van der Waals surface area contributed by atoms with Gasteiger partial charge in [-0.15, -0.1) is 5.10 Å². The minimum absolute atomic E-state index is 0.102. The maximum Gasteiger partial charge on any atom is 0.208 e. The predicted octanol–water partition coefficient (Wildman–Crippen LogP) is 3.95. The van der Waals surface area contributed by atoms with Gasteiger partial charge >= 0.3 is 0 Å². The first kappa shape index (κ1) is 15.5. The third kappa shape index (κ3) is 4.29. The molecule has 118 valence electrons. The van der Waals surface area contributed by atoms with Gasteiger partial charge in [-0.1, -0.05) is 36.0 Å². The van der Waals surface area contributed by atoms with Gasteiger partial charge in [0.15, 0.2) is 17.4 Å². The average molecular weight is 333 g/mol. The number of aromatic amines is 1. The van der Waals surface area contributed by atoms with Crippen molar-refractivity contribution in [3.63, 3.8) is 0 Å². The summed E-state index contributed by atoms with van der Waals surface area (Å²) in [6.07, 6.45) is 0. The molecule has 23 heavy (non-hydrogen) atoms. The van der Waals surface area contributed by atoms with Crippen molar-refractivity contribution in [3.8, 4) is 5.75 Å². The number of halogens is 2. The second-order valence-electron chi connectivity index (χ2n) is 4.70. The van der Waals surface area contributed by atoms with Crippen LogP contribution in [0.5, 0.6) is 5.75 Å². The van der Waals surface area contributed by atoms with Gasteiger partial charge in [0.2, 0.25) is 5.16 Å². The first-order valence-electron chi connectivity index (χ1n) is 6.86. The van der Waals surface area contributed by atoms with Gasteiger partial charge in [-0.3, -0.25) is 5.10 Å². The summed E-state index contributed by atoms with van der Waals surface area (Å²) in [5.41, 5.74) is 0.977. The number of hydrogen-bond acceptors (Lipinski definition) is 4. The quantitative estimate of drug-likeness (QED) is 0.694. The van der Waals surface area contributed by atoms with Gasteiger partial charge < -0.3 is 4.74 Å². The van der Waals surface area contributed by atoms with Crippen LogP contribution in [0.1, 0.15) is 11.4 Å². The van der Waals surface area contributed by atoms with Crippen molar-refractivity contribution in [2.24, 2.45) is 0 Å². The van der Waals surface area contributed by atoms with Crippen molar-refractivity contribution in [2.75, 3.05) is 0 Å². The molecule has 2 aromatic carbocycles. The second kappa shape index (κ2) is 7.23. The van der Waals surface area contributed by atoms with Crippen molar-refractivity contribution in [1.29, 1.82) is 0 Å². The minimum Gasteiger partial charge on any atom is -0.483 e. The molecule has 0 amide bonds. The zero-order valence-corrected chi connectivity index (χ0v) is 12.8. The molecule has 4 nitrogen and oxygen atoms in total. The Morgan fingerprint density at radius 3 is 2.61 bits per heavy atom. The molecule has 0 aliphatic heterocycles. The molecule has 3 rings (SSSR count). The third-order valence-electron chi connectivity index (χ3n) is 2.99. The van der Waals surface area contributed by atoms with E-state index in [1.54, 1.807) is 30.3 Å². The van der Waals surface area contributed by atoms with Crippen LogP contribution in [0.3, 0.4) is 0 Å². The molecular weight excluding hydrogens is 320 g/mol. The van der Waals surface area contributed by atoms with E-state index in [2.05, 4.69) is 15.2 Å². The Morgan fingerprint density at radius 2 is 1.83 bits per heavy atom. The van der Waals surface area contributed by atoms with E-state index in [9.17, 15) is 8.78 Å². The molecule has 1 aromatic heterocycles. The monoisotopic (exact) mass is 333 g/mol. The van der Waals surface area contributed by atoms with Crippen LogP contribution in [0.25, 0.3) is 0 Å². The van der Waals surface area contributed by atoms with E-state index in [-0.39, 0.29) is 18.2 Å². The van der Waals surface area contributed by atoms with Gasteiger partial charge in [0.1, 0.15) is 12.4 Å². The largest absolute Gasteiger partial charge is 0.483 e. The molecule has 0 atom stereocenters. The molecule has 0 unspecified atom stereocenters. The van der Waals surface area contributed by atoms with E-state index in [1.807, 2.05) is 0 Å². The maximum atomic E-state index is 13.4. The number of thioether (sulfide) groups is 1. The minimum atomic E-state index is -0.419. The zero-order valence-electron chi connectivity index (χ0n) is 12.0. The second-order valence-corrected chi connectivity index (χ2v) is 5.64. The Hall–Kier alpha value is -2.41. The van der Waals surface area contributed by atoms with Gasteiger partial charge in [0.25, 0.3) is 0 Å². The van der Waals surface area contributed by atoms with Gasteiger partial charge in [-0.05, 0) is 29.8 Å². The van der Waals surface area contributed by atoms with E-state index in [0.29, 0.717) is 16.7 Å². The fourth-order valence-corrected chi connectivity index (χ4v) is 2.62. The van der Waals surface area contributed by atoms with Crippen LogP contribution in [0.4, 0.5) is 8.78 Å². The van der Waals surface area contributed by atoms with Crippen molar-refractivity contribution < 1.29 is 13.5 Å². The summed E-state index contributed by atoms with van der Waals surface area (Å²) < 4.78 is 31.6. The van der Waals surface area contributed by atoms with Crippen LogP contribution < -0.4 is 4.74 Å². The van der Waals surface area contributed by atoms with Crippen LogP contribution in [0, 0.1) is 11.6 Å². The predicted molar refractivity (Wildman–Crippen MR) is 83.1 cm³/mol. The van der Waals surface area contributed by atoms with Gasteiger partial charge in [0.05, 0.1) is 0 Å². The first-order chi connectivity index (χ1) is 11.2. The van der Waals surface area contributed by atoms with Crippen molar-refractivity contribution >= 4 is 11.8 Å². The average Bonchev–Trinajstić information content (AvgIpc) is 3.02. The fraction of sp³-hybridized carbons (Fsp3) is 0.125. The number of hydrogen-bond donors (Lipinski definition) is 1. The first-order valence-corrected chi connectivity index (χ1v) is 7.85. The highest BCUT2D eigenvalue weighted by Crippen LogP contribution is 2.20. The molecule has 0 radical (unpaired) electrons. The Labute approximate surface area is 135 Å². The highest BCUT2D eigenvalue weighted by Gasteiger charge is 2.07. The lowest BCUT2D eigenvalue weighted by molar-refractivity contribution is 0.281. The number of rotatable bonds is 6. The van der Waals surface area contributed by atoms with Crippen LogP contribution in [-0.4, -0.2) is 15.2 Å². The number of H-pyrrole nitrogens is 1. The van der Waals surface area contributed by atoms with Crippen molar-refractivity contribution in [1.82, 2.24) is 15.2 Å². The normalized spacial score (nSPS) is 10.7. The highest BCUT2D eigenvalue weighted by atomic mass is 32.2. The lowest BCUT2D eigenvalue weighted by atomic mass is 10.2. The van der Waals surface area contributed by atoms with E-state index in [1.165, 1.54) is 30.0 Å². The molecule has 0 aliphatic carbocycles. The Balaban J connectivity index is 1.53. The van der Waals surface area contributed by atoms with E-state index in [4.69, 9.17) is 4.74 Å². The molecule has 0 saturated heterocycles. The third-order valence-corrected chi connectivity index (χ3v) is 3.91. The summed E-state index contributed by atoms with van der Waals surface area (Å²) in [5.74, 6) is 0.632. The van der Waals surface area contributed by atoms with Gasteiger partial charge in [-0.2, -0.15) is 0 Å².